The predicted molar refractivity (Wildman–Crippen MR) is 107 cm³/mol. The van der Waals surface area contributed by atoms with Crippen molar-refractivity contribution in [3.63, 3.8) is 0 Å². The van der Waals surface area contributed by atoms with E-state index >= 15 is 0 Å². The Bertz CT molecular complexity index is 1130. The van der Waals surface area contributed by atoms with Gasteiger partial charge in [-0.05, 0) is 43.7 Å². The highest BCUT2D eigenvalue weighted by molar-refractivity contribution is 5.75. The molecule has 2 aromatic heterocycles. The van der Waals surface area contributed by atoms with Crippen molar-refractivity contribution in [2.45, 2.75) is 25.4 Å². The first kappa shape index (κ1) is 17.1. The summed E-state index contributed by atoms with van der Waals surface area (Å²) >= 11 is 0. The van der Waals surface area contributed by atoms with Crippen LogP contribution in [0.25, 0.3) is 22.3 Å². The van der Waals surface area contributed by atoms with Crippen LogP contribution in [0.4, 0.5) is 4.39 Å². The zero-order chi connectivity index (χ0) is 19.1. The summed E-state index contributed by atoms with van der Waals surface area (Å²) in [5.74, 6) is 0.867. The van der Waals surface area contributed by atoms with E-state index in [2.05, 4.69) is 44.9 Å². The molecule has 0 amide bonds. The first-order chi connectivity index (χ1) is 13.7. The smallest absolute Gasteiger partial charge is 0.127 e. The number of rotatable bonds is 4. The van der Waals surface area contributed by atoms with E-state index in [0.717, 1.165) is 59.6 Å². The highest BCUT2D eigenvalue weighted by atomic mass is 19.1. The number of aromatic amines is 1. The second-order valence-electron chi connectivity index (χ2n) is 7.43. The Hall–Kier alpha value is -2.99. The summed E-state index contributed by atoms with van der Waals surface area (Å²) < 4.78 is 15.9. The monoisotopic (exact) mass is 375 g/mol. The summed E-state index contributed by atoms with van der Waals surface area (Å²) in [6.45, 7) is 1.78. The zero-order valence-electron chi connectivity index (χ0n) is 15.8. The van der Waals surface area contributed by atoms with Crippen LogP contribution in [0, 0.1) is 5.82 Å². The average molecular weight is 375 g/mol. The van der Waals surface area contributed by atoms with Crippen molar-refractivity contribution in [2.75, 3.05) is 6.54 Å². The Labute approximate surface area is 162 Å². The maximum atomic E-state index is 13.7. The SMILES string of the molecule is Cn1c(C2CCCN2Cc2cn[nH]c2-c2cccc(F)c2)nc2ccccc21. The van der Waals surface area contributed by atoms with Gasteiger partial charge in [0, 0.05) is 24.7 Å². The number of nitrogens with one attached hydrogen (secondary N) is 1. The molecule has 5 rings (SSSR count). The fourth-order valence-corrected chi connectivity index (χ4v) is 4.31. The number of para-hydroxylation sites is 2. The molecule has 0 radical (unpaired) electrons. The Morgan fingerprint density at radius 3 is 2.93 bits per heavy atom. The number of aryl methyl sites for hydroxylation is 1. The largest absolute Gasteiger partial charge is 0.330 e. The summed E-state index contributed by atoms with van der Waals surface area (Å²) in [4.78, 5) is 7.37. The molecule has 142 valence electrons. The lowest BCUT2D eigenvalue weighted by atomic mass is 10.1. The summed E-state index contributed by atoms with van der Waals surface area (Å²) in [7, 11) is 2.09. The molecule has 1 aliphatic rings. The van der Waals surface area contributed by atoms with E-state index in [-0.39, 0.29) is 11.9 Å². The third-order valence-corrected chi connectivity index (χ3v) is 5.69. The summed E-state index contributed by atoms with van der Waals surface area (Å²) in [6, 6.07) is 15.2. The van der Waals surface area contributed by atoms with Gasteiger partial charge in [-0.3, -0.25) is 10.00 Å². The van der Waals surface area contributed by atoms with Gasteiger partial charge in [-0.1, -0.05) is 24.3 Å². The lowest BCUT2D eigenvalue weighted by molar-refractivity contribution is 0.237. The van der Waals surface area contributed by atoms with Gasteiger partial charge in [0.1, 0.15) is 11.6 Å². The fraction of sp³-hybridized carbons (Fsp3) is 0.273. The van der Waals surface area contributed by atoms with Crippen molar-refractivity contribution >= 4 is 11.0 Å². The molecular weight excluding hydrogens is 353 g/mol. The van der Waals surface area contributed by atoms with Crippen LogP contribution >= 0.6 is 0 Å². The van der Waals surface area contributed by atoms with E-state index in [4.69, 9.17) is 4.98 Å². The van der Waals surface area contributed by atoms with Crippen molar-refractivity contribution in [3.05, 3.63) is 71.9 Å². The molecule has 1 fully saturated rings. The van der Waals surface area contributed by atoms with Crippen LogP contribution in [0.5, 0.6) is 0 Å². The lowest BCUT2D eigenvalue weighted by Gasteiger charge is -2.24. The van der Waals surface area contributed by atoms with E-state index in [1.165, 1.54) is 6.07 Å². The minimum absolute atomic E-state index is 0.239. The third-order valence-electron chi connectivity index (χ3n) is 5.69. The first-order valence-electron chi connectivity index (χ1n) is 9.64. The van der Waals surface area contributed by atoms with Gasteiger partial charge in [-0.25, -0.2) is 9.37 Å². The number of halogens is 1. The summed E-state index contributed by atoms with van der Waals surface area (Å²) in [6.07, 6.45) is 4.08. The minimum Gasteiger partial charge on any atom is -0.330 e. The van der Waals surface area contributed by atoms with Crippen LogP contribution in [0.15, 0.2) is 54.7 Å². The topological polar surface area (TPSA) is 49.7 Å². The number of fused-ring (bicyclic) bond motifs is 1. The van der Waals surface area contributed by atoms with Crippen molar-refractivity contribution in [1.29, 1.82) is 0 Å². The molecule has 0 spiro atoms. The Morgan fingerprint density at radius 1 is 1.18 bits per heavy atom. The molecule has 0 aliphatic carbocycles. The molecule has 6 heteroatoms. The van der Waals surface area contributed by atoms with Crippen LogP contribution < -0.4 is 0 Å². The number of hydrogen-bond donors (Lipinski definition) is 1. The van der Waals surface area contributed by atoms with Gasteiger partial charge in [0.2, 0.25) is 0 Å². The summed E-state index contributed by atoms with van der Waals surface area (Å²) in [5, 5.41) is 7.27. The Morgan fingerprint density at radius 2 is 2.07 bits per heavy atom. The van der Waals surface area contributed by atoms with Crippen LogP contribution in [-0.4, -0.2) is 31.2 Å². The van der Waals surface area contributed by atoms with E-state index in [1.807, 2.05) is 18.3 Å². The lowest BCUT2D eigenvalue weighted by Crippen LogP contribution is -2.25. The molecule has 4 aromatic rings. The van der Waals surface area contributed by atoms with Crippen LogP contribution in [0.3, 0.4) is 0 Å². The van der Waals surface area contributed by atoms with Crippen LogP contribution in [0.2, 0.25) is 0 Å². The number of hydrogen-bond acceptors (Lipinski definition) is 3. The zero-order valence-corrected chi connectivity index (χ0v) is 15.8. The molecule has 28 heavy (non-hydrogen) atoms. The van der Waals surface area contributed by atoms with Gasteiger partial charge in [-0.15, -0.1) is 0 Å². The van der Waals surface area contributed by atoms with Gasteiger partial charge < -0.3 is 4.57 Å². The van der Waals surface area contributed by atoms with E-state index in [0.29, 0.717) is 0 Å². The average Bonchev–Trinajstić information content (AvgIpc) is 3.42. The van der Waals surface area contributed by atoms with Crippen LogP contribution in [0.1, 0.15) is 30.3 Å². The molecule has 3 heterocycles. The standard InChI is InChI=1S/C22H22FN5/c1-27-19-9-3-2-8-18(19)25-22(27)20-10-5-11-28(20)14-16-13-24-26-21(16)15-6-4-7-17(23)12-15/h2-4,6-9,12-13,20H,5,10-11,14H2,1H3,(H,24,26). The molecule has 0 saturated carbocycles. The van der Waals surface area contributed by atoms with Gasteiger partial charge >= 0.3 is 0 Å². The van der Waals surface area contributed by atoms with E-state index < -0.39 is 0 Å². The molecule has 1 unspecified atom stereocenters. The molecule has 1 atom stereocenters. The molecule has 5 nitrogen and oxygen atoms in total. The highest BCUT2D eigenvalue weighted by Crippen LogP contribution is 2.35. The van der Waals surface area contributed by atoms with Crippen molar-refractivity contribution in [2.24, 2.45) is 7.05 Å². The number of H-pyrrole nitrogens is 1. The van der Waals surface area contributed by atoms with E-state index in [9.17, 15) is 4.39 Å². The normalized spacial score (nSPS) is 17.6. The molecule has 0 bridgehead atoms. The minimum atomic E-state index is -0.239. The summed E-state index contributed by atoms with van der Waals surface area (Å²) in [5.41, 5.74) is 4.99. The second-order valence-corrected chi connectivity index (χ2v) is 7.43. The number of aromatic nitrogens is 4. The number of likely N-dealkylation sites (tertiary alicyclic amines) is 1. The van der Waals surface area contributed by atoms with Gasteiger partial charge in [0.05, 0.1) is 29.0 Å². The van der Waals surface area contributed by atoms with Crippen molar-refractivity contribution in [3.8, 4) is 11.3 Å². The van der Waals surface area contributed by atoms with E-state index in [1.54, 1.807) is 12.1 Å². The highest BCUT2D eigenvalue weighted by Gasteiger charge is 2.30. The fourth-order valence-electron chi connectivity index (χ4n) is 4.31. The molecule has 1 aliphatic heterocycles. The number of benzene rings is 2. The first-order valence-corrected chi connectivity index (χ1v) is 9.64. The van der Waals surface area contributed by atoms with Crippen molar-refractivity contribution in [1.82, 2.24) is 24.6 Å². The van der Waals surface area contributed by atoms with Gasteiger partial charge in [0.25, 0.3) is 0 Å². The molecular formula is C22H22FN5. The quantitative estimate of drug-likeness (QED) is 0.574. The van der Waals surface area contributed by atoms with Crippen molar-refractivity contribution < 1.29 is 4.39 Å². The predicted octanol–water partition coefficient (Wildman–Crippen LogP) is 4.44. The molecule has 1 N–H and O–H groups in total. The molecule has 2 aromatic carbocycles. The Balaban J connectivity index is 1.46. The van der Waals surface area contributed by atoms with Gasteiger partial charge in [-0.2, -0.15) is 5.10 Å². The maximum Gasteiger partial charge on any atom is 0.127 e. The second kappa shape index (κ2) is 6.87. The third kappa shape index (κ3) is 2.90. The maximum absolute atomic E-state index is 13.7. The van der Waals surface area contributed by atoms with Gasteiger partial charge in [0.15, 0.2) is 0 Å². The Kier molecular flexibility index (Phi) is 4.20. The van der Waals surface area contributed by atoms with Crippen LogP contribution in [-0.2, 0) is 13.6 Å². The number of imidazole rings is 1. The molecule has 1 saturated heterocycles. The number of nitrogens with zero attached hydrogens (tertiary/aromatic N) is 4.